The summed E-state index contributed by atoms with van der Waals surface area (Å²) < 4.78 is 29.1. The molecule has 0 unspecified atom stereocenters. The van der Waals surface area contributed by atoms with Crippen LogP contribution in [0.4, 0.5) is 11.4 Å². The van der Waals surface area contributed by atoms with Crippen molar-refractivity contribution in [1.82, 2.24) is 0 Å². The molecule has 0 aliphatic heterocycles. The van der Waals surface area contributed by atoms with Crippen LogP contribution < -0.4 is 11.1 Å². The van der Waals surface area contributed by atoms with E-state index in [0.717, 1.165) is 0 Å². The van der Waals surface area contributed by atoms with Crippen molar-refractivity contribution < 1.29 is 23.4 Å². The molecule has 0 aromatic heterocycles. The van der Waals surface area contributed by atoms with Crippen LogP contribution in [0.5, 0.6) is 0 Å². The van der Waals surface area contributed by atoms with E-state index < -0.39 is 16.4 Å². The van der Waals surface area contributed by atoms with Gasteiger partial charge in [0.1, 0.15) is 0 Å². The maximum absolute atomic E-state index is 12.0. The third kappa shape index (κ3) is 4.97. The van der Waals surface area contributed by atoms with Crippen LogP contribution in [0.1, 0.15) is 0 Å². The summed E-state index contributed by atoms with van der Waals surface area (Å²) in [7, 11) is -3.58. The van der Waals surface area contributed by atoms with Crippen molar-refractivity contribution in [2.45, 2.75) is 4.90 Å². The predicted octanol–water partition coefficient (Wildman–Crippen LogP) is -0.544. The molecule has 1 aromatic carbocycles. The van der Waals surface area contributed by atoms with E-state index in [4.69, 9.17) is 20.7 Å². The number of nitrogens with two attached hydrogens (primary N) is 1. The number of hydrogen-bond acceptors (Lipinski definition) is 7. The minimum atomic E-state index is -3.58. The summed E-state index contributed by atoms with van der Waals surface area (Å²) in [6, 6.07) is 4.53. The number of nitrogens with one attached hydrogen (secondary N) is 1. The van der Waals surface area contributed by atoms with Gasteiger partial charge in [-0.15, -0.1) is 0 Å². The van der Waals surface area contributed by atoms with Crippen LogP contribution >= 0.6 is 0 Å². The van der Waals surface area contributed by atoms with Crippen LogP contribution in [-0.2, 0) is 14.6 Å². The third-order valence-corrected chi connectivity index (χ3v) is 4.23. The third-order valence-electron chi connectivity index (χ3n) is 2.50. The molecule has 7 nitrogen and oxygen atoms in total. The van der Waals surface area contributed by atoms with Gasteiger partial charge in [-0.2, -0.15) is 0 Å². The first-order chi connectivity index (χ1) is 9.51. The molecular formula is C12H20N2O5S. The van der Waals surface area contributed by atoms with E-state index in [1.807, 2.05) is 0 Å². The Morgan fingerprint density at radius 1 is 1.20 bits per heavy atom. The molecule has 8 heteroatoms. The lowest BCUT2D eigenvalue weighted by atomic mass is 10.3. The Bertz CT molecular complexity index is 519. The van der Waals surface area contributed by atoms with Crippen LogP contribution in [-0.4, -0.2) is 57.4 Å². The molecule has 0 saturated carbocycles. The molecule has 0 radical (unpaired) electrons. The van der Waals surface area contributed by atoms with Crippen LogP contribution in [0.3, 0.4) is 0 Å². The van der Waals surface area contributed by atoms with Gasteiger partial charge in [0.2, 0.25) is 0 Å². The van der Waals surface area contributed by atoms with Crippen LogP contribution in [0.25, 0.3) is 0 Å². The molecule has 1 rings (SSSR count). The number of benzene rings is 1. The minimum absolute atomic E-state index is 0.0575. The summed E-state index contributed by atoms with van der Waals surface area (Å²) in [6.45, 7) is 0.462. The largest absolute Gasteiger partial charge is 0.399 e. The first-order valence-electron chi connectivity index (χ1n) is 6.17. The number of sulfone groups is 1. The molecular weight excluding hydrogens is 284 g/mol. The topological polar surface area (TPSA) is 122 Å². The molecule has 20 heavy (non-hydrogen) atoms. The number of anilines is 2. The van der Waals surface area contributed by atoms with E-state index in [1.165, 1.54) is 6.07 Å². The second-order valence-corrected chi connectivity index (χ2v) is 6.14. The second-order valence-electron chi connectivity index (χ2n) is 4.06. The summed E-state index contributed by atoms with van der Waals surface area (Å²) in [4.78, 5) is 0.0636. The number of rotatable bonds is 9. The molecule has 0 spiro atoms. The Labute approximate surface area is 118 Å². The Morgan fingerprint density at radius 3 is 2.60 bits per heavy atom. The van der Waals surface area contributed by atoms with Gasteiger partial charge in [0, 0.05) is 12.2 Å². The number of ether oxygens (including phenoxy) is 1. The van der Waals surface area contributed by atoms with Crippen LogP contribution in [0.2, 0.25) is 0 Å². The molecule has 0 bridgehead atoms. The van der Waals surface area contributed by atoms with Gasteiger partial charge in [-0.1, -0.05) is 0 Å². The van der Waals surface area contributed by atoms with E-state index in [1.54, 1.807) is 12.1 Å². The first kappa shape index (κ1) is 16.7. The van der Waals surface area contributed by atoms with Crippen molar-refractivity contribution in [3.8, 4) is 0 Å². The lowest BCUT2D eigenvalue weighted by molar-refractivity contribution is 0.0992. The highest BCUT2D eigenvalue weighted by Crippen LogP contribution is 2.24. The van der Waals surface area contributed by atoms with Crippen LogP contribution in [0, 0.1) is 0 Å². The van der Waals surface area contributed by atoms with Crippen molar-refractivity contribution in [1.29, 1.82) is 0 Å². The van der Waals surface area contributed by atoms with Crippen LogP contribution in [0.15, 0.2) is 23.1 Å². The summed E-state index contributed by atoms with van der Waals surface area (Å²) >= 11 is 0. The van der Waals surface area contributed by atoms with Crippen molar-refractivity contribution in [3.63, 3.8) is 0 Å². The molecule has 114 valence electrons. The molecule has 0 heterocycles. The fraction of sp³-hybridized carbons (Fsp3) is 0.500. The molecule has 0 fully saturated rings. The molecule has 0 aliphatic carbocycles. The summed E-state index contributed by atoms with van der Waals surface area (Å²) in [6.07, 6.45) is 0. The maximum atomic E-state index is 12.0. The maximum Gasteiger partial charge on any atom is 0.182 e. The summed E-state index contributed by atoms with van der Waals surface area (Å²) in [5.74, 6) is -0.355. The molecule has 5 N–H and O–H groups in total. The molecule has 0 saturated heterocycles. The highest BCUT2D eigenvalue weighted by molar-refractivity contribution is 7.91. The zero-order valence-corrected chi connectivity index (χ0v) is 11.9. The van der Waals surface area contributed by atoms with Gasteiger partial charge < -0.3 is 26.0 Å². The van der Waals surface area contributed by atoms with Gasteiger partial charge in [0.25, 0.3) is 0 Å². The quantitative estimate of drug-likeness (QED) is 0.357. The van der Waals surface area contributed by atoms with E-state index in [-0.39, 0.29) is 23.9 Å². The van der Waals surface area contributed by atoms with Crippen molar-refractivity contribution in [2.75, 3.05) is 49.8 Å². The van der Waals surface area contributed by atoms with Gasteiger partial charge >= 0.3 is 0 Å². The number of hydrogen-bond donors (Lipinski definition) is 4. The Balaban J connectivity index is 2.80. The minimum Gasteiger partial charge on any atom is -0.399 e. The Morgan fingerprint density at radius 2 is 1.95 bits per heavy atom. The zero-order valence-electron chi connectivity index (χ0n) is 11.1. The molecule has 0 atom stereocenters. The average Bonchev–Trinajstić information content (AvgIpc) is 2.40. The fourth-order valence-corrected chi connectivity index (χ4v) is 2.85. The van der Waals surface area contributed by atoms with Gasteiger partial charge in [-0.05, 0) is 18.2 Å². The number of aliphatic hydroxyl groups excluding tert-OH is 2. The van der Waals surface area contributed by atoms with Gasteiger partial charge in [0.15, 0.2) is 9.84 Å². The smallest absolute Gasteiger partial charge is 0.182 e. The highest BCUT2D eigenvalue weighted by atomic mass is 32.2. The lowest BCUT2D eigenvalue weighted by Crippen LogP contribution is -2.16. The lowest BCUT2D eigenvalue weighted by Gasteiger charge is -2.13. The van der Waals surface area contributed by atoms with Crippen molar-refractivity contribution >= 4 is 21.2 Å². The van der Waals surface area contributed by atoms with E-state index in [9.17, 15) is 8.42 Å². The van der Waals surface area contributed by atoms with Gasteiger partial charge in [-0.3, -0.25) is 0 Å². The fourth-order valence-electron chi connectivity index (χ4n) is 1.60. The predicted molar refractivity (Wildman–Crippen MR) is 76.4 cm³/mol. The first-order valence-corrected chi connectivity index (χ1v) is 7.82. The molecule has 0 amide bonds. The number of aliphatic hydroxyl groups is 2. The standard InChI is InChI=1S/C12H20N2O5S/c13-10-1-2-11(14-3-6-19-7-4-15)12(9-10)20(17,18)8-5-16/h1-2,9,14-16H,3-8,13H2. The Hall–Kier alpha value is -1.35. The van der Waals surface area contributed by atoms with Crippen molar-refractivity contribution in [3.05, 3.63) is 18.2 Å². The monoisotopic (exact) mass is 304 g/mol. The van der Waals surface area contributed by atoms with Gasteiger partial charge in [0.05, 0.1) is 42.8 Å². The molecule has 0 aliphatic rings. The highest BCUT2D eigenvalue weighted by Gasteiger charge is 2.18. The summed E-state index contributed by atoms with van der Waals surface area (Å²) in [5, 5.41) is 20.3. The molecule has 1 aromatic rings. The SMILES string of the molecule is Nc1ccc(NCCOCCO)c(S(=O)(=O)CCO)c1. The number of nitrogen functional groups attached to an aromatic ring is 1. The Kier molecular flexibility index (Phi) is 6.73. The van der Waals surface area contributed by atoms with E-state index in [2.05, 4.69) is 5.32 Å². The van der Waals surface area contributed by atoms with E-state index in [0.29, 0.717) is 24.5 Å². The second kappa shape index (κ2) is 8.05. The van der Waals surface area contributed by atoms with E-state index >= 15 is 0 Å². The van der Waals surface area contributed by atoms with Gasteiger partial charge in [-0.25, -0.2) is 8.42 Å². The normalized spacial score (nSPS) is 11.5. The zero-order chi connectivity index (χ0) is 15.0. The van der Waals surface area contributed by atoms with Crippen molar-refractivity contribution in [2.24, 2.45) is 0 Å². The average molecular weight is 304 g/mol. The summed E-state index contributed by atoms with van der Waals surface area (Å²) in [5.41, 5.74) is 6.36.